The van der Waals surface area contributed by atoms with Crippen LogP contribution >= 0.6 is 0 Å². The summed E-state index contributed by atoms with van der Waals surface area (Å²) in [4.78, 5) is 27.2. The molecule has 2 aromatic carbocycles. The molecule has 2 N–H and O–H groups in total. The lowest BCUT2D eigenvalue weighted by Gasteiger charge is -2.23. The highest BCUT2D eigenvalue weighted by Gasteiger charge is 2.40. The third-order valence-corrected chi connectivity index (χ3v) is 6.09. The van der Waals surface area contributed by atoms with Crippen molar-refractivity contribution in [1.29, 1.82) is 0 Å². The van der Waals surface area contributed by atoms with Gasteiger partial charge in [0, 0.05) is 31.8 Å². The van der Waals surface area contributed by atoms with Crippen molar-refractivity contribution in [2.24, 2.45) is 0 Å². The van der Waals surface area contributed by atoms with E-state index in [0.717, 1.165) is 11.6 Å². The maximum absolute atomic E-state index is 14.7. The number of nitrogens with zero attached hydrogens (tertiary/aromatic N) is 2. The number of hydrogen-bond acceptors (Lipinski definition) is 4. The summed E-state index contributed by atoms with van der Waals surface area (Å²) in [5, 5.41) is 19.2. The monoisotopic (exact) mass is 502 g/mol. The molecule has 3 rings (SSSR count). The van der Waals surface area contributed by atoms with E-state index in [4.69, 9.17) is 9.84 Å². The summed E-state index contributed by atoms with van der Waals surface area (Å²) < 4.78 is 34.7. The van der Waals surface area contributed by atoms with E-state index in [-0.39, 0.29) is 18.2 Å². The Labute approximate surface area is 209 Å². The van der Waals surface area contributed by atoms with E-state index in [1.165, 1.54) is 37.3 Å². The summed E-state index contributed by atoms with van der Waals surface area (Å²) in [6.45, 7) is 2.69. The van der Waals surface area contributed by atoms with Gasteiger partial charge in [0.15, 0.2) is 6.10 Å². The molecule has 2 aromatic rings. The second-order valence-electron chi connectivity index (χ2n) is 8.79. The highest BCUT2D eigenvalue weighted by atomic mass is 19.3. The lowest BCUT2D eigenvalue weighted by atomic mass is 10.0. The minimum Gasteiger partial charge on any atom is -0.479 e. The molecule has 0 aliphatic carbocycles. The van der Waals surface area contributed by atoms with Crippen LogP contribution in [0.3, 0.4) is 0 Å². The van der Waals surface area contributed by atoms with E-state index in [0.29, 0.717) is 32.5 Å². The number of aliphatic hydroxyl groups is 1. The number of carboxylic acid groups (broad SMARTS) is 1. The van der Waals surface area contributed by atoms with E-state index < -0.39 is 30.1 Å². The fourth-order valence-electron chi connectivity index (χ4n) is 3.99. The highest BCUT2D eigenvalue weighted by molar-refractivity contribution is 5.77. The van der Waals surface area contributed by atoms with Crippen molar-refractivity contribution in [2.45, 2.75) is 50.5 Å². The van der Waals surface area contributed by atoms with Gasteiger partial charge in [-0.05, 0) is 25.3 Å². The van der Waals surface area contributed by atoms with Crippen LogP contribution in [0.25, 0.3) is 0 Å². The van der Waals surface area contributed by atoms with E-state index in [9.17, 15) is 23.5 Å². The van der Waals surface area contributed by atoms with Gasteiger partial charge in [-0.2, -0.15) is 8.78 Å². The first-order valence-corrected chi connectivity index (χ1v) is 11.9. The number of halogens is 2. The normalized spacial score (nSPS) is 18.1. The number of ether oxygens (including phenoxy) is 1. The van der Waals surface area contributed by atoms with Gasteiger partial charge < -0.3 is 24.7 Å². The number of urea groups is 1. The molecule has 0 spiro atoms. The average Bonchev–Trinajstić information content (AvgIpc) is 3.17. The van der Waals surface area contributed by atoms with Crippen molar-refractivity contribution >= 4 is 12.0 Å². The number of rotatable bonds is 13. The van der Waals surface area contributed by atoms with Crippen LogP contribution in [0, 0.1) is 0 Å². The zero-order chi connectivity index (χ0) is 26.1. The van der Waals surface area contributed by atoms with E-state index in [1.807, 2.05) is 30.3 Å². The van der Waals surface area contributed by atoms with Crippen LogP contribution in [-0.2, 0) is 22.0 Å². The van der Waals surface area contributed by atoms with Gasteiger partial charge in [-0.1, -0.05) is 72.8 Å². The van der Waals surface area contributed by atoms with E-state index in [1.54, 1.807) is 15.9 Å². The number of unbranched alkanes of at least 4 members (excludes halogenated alkanes) is 1. The first kappa shape index (κ1) is 27.3. The van der Waals surface area contributed by atoms with Crippen LogP contribution in [0.5, 0.6) is 0 Å². The molecule has 1 aliphatic rings. The minimum atomic E-state index is -3.48. The molecule has 0 radical (unpaired) electrons. The second-order valence-corrected chi connectivity index (χ2v) is 8.79. The third-order valence-electron chi connectivity index (χ3n) is 6.09. The Morgan fingerprint density at radius 1 is 1.14 bits per heavy atom. The van der Waals surface area contributed by atoms with Gasteiger partial charge in [-0.15, -0.1) is 0 Å². The van der Waals surface area contributed by atoms with E-state index >= 15 is 0 Å². The van der Waals surface area contributed by atoms with Crippen molar-refractivity contribution in [3.63, 3.8) is 0 Å². The number of carboxylic acids is 1. The smallest absolute Gasteiger partial charge is 0.332 e. The van der Waals surface area contributed by atoms with Gasteiger partial charge in [0.1, 0.15) is 6.10 Å². The summed E-state index contributed by atoms with van der Waals surface area (Å²) >= 11 is 0. The van der Waals surface area contributed by atoms with Crippen molar-refractivity contribution in [3.8, 4) is 0 Å². The molecule has 2 amide bonds. The summed E-state index contributed by atoms with van der Waals surface area (Å²) in [6, 6.07) is 15.9. The SMILES string of the molecule is CC(OCCCCN1C(=O)N(Cc2ccccc2)C[C@@H]1C=CC(O)C(F)(F)c1ccccc1)C(=O)O. The second kappa shape index (κ2) is 12.6. The Kier molecular flexibility index (Phi) is 9.55. The molecule has 194 valence electrons. The number of hydrogen-bond donors (Lipinski definition) is 2. The van der Waals surface area contributed by atoms with Gasteiger partial charge in [0.05, 0.1) is 6.04 Å². The summed E-state index contributed by atoms with van der Waals surface area (Å²) in [6.07, 6.45) is 0.638. The molecule has 0 bridgehead atoms. The molecular weight excluding hydrogens is 470 g/mol. The van der Waals surface area contributed by atoms with Crippen LogP contribution in [0.15, 0.2) is 72.8 Å². The number of amides is 2. The summed E-state index contributed by atoms with van der Waals surface area (Å²) in [5.41, 5.74) is 0.657. The number of carbonyl (C=O) groups excluding carboxylic acids is 1. The number of aliphatic hydroxyl groups excluding tert-OH is 1. The van der Waals surface area contributed by atoms with Gasteiger partial charge in [0.2, 0.25) is 0 Å². The largest absolute Gasteiger partial charge is 0.479 e. The lowest BCUT2D eigenvalue weighted by Crippen LogP contribution is -2.35. The highest BCUT2D eigenvalue weighted by Crippen LogP contribution is 2.32. The quantitative estimate of drug-likeness (QED) is 0.315. The fourth-order valence-corrected chi connectivity index (χ4v) is 3.99. The number of carbonyl (C=O) groups is 2. The lowest BCUT2D eigenvalue weighted by molar-refractivity contribution is -0.149. The fraction of sp³-hybridized carbons (Fsp3) is 0.407. The number of alkyl halides is 2. The third kappa shape index (κ3) is 7.11. The maximum atomic E-state index is 14.7. The molecule has 1 aliphatic heterocycles. The average molecular weight is 503 g/mol. The zero-order valence-corrected chi connectivity index (χ0v) is 20.2. The molecule has 1 fully saturated rings. The molecule has 9 heteroatoms. The van der Waals surface area contributed by atoms with Crippen LogP contribution in [-0.4, -0.2) is 70.0 Å². The van der Waals surface area contributed by atoms with Crippen LogP contribution < -0.4 is 0 Å². The number of aliphatic carboxylic acids is 1. The molecule has 1 saturated heterocycles. The molecule has 0 saturated carbocycles. The van der Waals surface area contributed by atoms with Gasteiger partial charge in [0.25, 0.3) is 0 Å². The summed E-state index contributed by atoms with van der Waals surface area (Å²) in [7, 11) is 0. The van der Waals surface area contributed by atoms with Crippen LogP contribution in [0.2, 0.25) is 0 Å². The molecule has 0 aromatic heterocycles. The van der Waals surface area contributed by atoms with Crippen molar-refractivity contribution in [2.75, 3.05) is 19.7 Å². The van der Waals surface area contributed by atoms with Gasteiger partial charge >= 0.3 is 17.9 Å². The Bertz CT molecular complexity index is 1020. The van der Waals surface area contributed by atoms with Crippen molar-refractivity contribution < 1.29 is 33.3 Å². The number of benzene rings is 2. The first-order valence-electron chi connectivity index (χ1n) is 11.9. The molecular formula is C27H32F2N2O5. The van der Waals surface area contributed by atoms with Crippen LogP contribution in [0.1, 0.15) is 30.9 Å². The maximum Gasteiger partial charge on any atom is 0.332 e. The predicted octanol–water partition coefficient (Wildman–Crippen LogP) is 4.27. The molecule has 36 heavy (non-hydrogen) atoms. The first-order chi connectivity index (χ1) is 17.2. The van der Waals surface area contributed by atoms with Gasteiger partial charge in [-0.25, -0.2) is 9.59 Å². The topological polar surface area (TPSA) is 90.3 Å². The molecule has 7 nitrogen and oxygen atoms in total. The Hall–Kier alpha value is -3.30. The van der Waals surface area contributed by atoms with Crippen molar-refractivity contribution in [1.82, 2.24) is 9.80 Å². The van der Waals surface area contributed by atoms with Crippen molar-refractivity contribution in [3.05, 3.63) is 83.9 Å². The standard InChI is InChI=1S/C27H32F2N2O5/c1-20(25(33)34)36-17-9-8-16-31-23(19-30(26(31)35)18-21-10-4-2-5-11-21)14-15-24(32)27(28,29)22-12-6-3-7-13-22/h2-7,10-15,20,23-24,32H,8-9,16-19H2,1H3,(H,33,34)/t20?,23-,24?/m0/s1. The Morgan fingerprint density at radius 2 is 1.78 bits per heavy atom. The zero-order valence-electron chi connectivity index (χ0n) is 20.2. The van der Waals surface area contributed by atoms with Crippen LogP contribution in [0.4, 0.5) is 13.6 Å². The minimum absolute atomic E-state index is 0.224. The predicted molar refractivity (Wildman–Crippen MR) is 131 cm³/mol. The Morgan fingerprint density at radius 3 is 2.42 bits per heavy atom. The Balaban J connectivity index is 1.67. The van der Waals surface area contributed by atoms with E-state index in [2.05, 4.69) is 0 Å². The molecule has 3 atom stereocenters. The van der Waals surface area contributed by atoms with Gasteiger partial charge in [-0.3, -0.25) is 0 Å². The summed E-state index contributed by atoms with van der Waals surface area (Å²) in [5.74, 6) is -4.52. The molecule has 2 unspecified atom stereocenters. The molecule has 1 heterocycles.